The zero-order chi connectivity index (χ0) is 17.1. The molecule has 2 aromatic carbocycles. The molecular formula is C17H13ClN2O2S2. The molecule has 24 heavy (non-hydrogen) atoms. The first-order chi connectivity index (χ1) is 11.5. The van der Waals surface area contributed by atoms with Crippen LogP contribution in [0.5, 0.6) is 0 Å². The van der Waals surface area contributed by atoms with E-state index in [9.17, 15) is 4.79 Å². The Labute approximate surface area is 152 Å². The third kappa shape index (κ3) is 3.90. The number of nitrogens with two attached hydrogens (primary N) is 1. The molecule has 0 aliphatic carbocycles. The van der Waals surface area contributed by atoms with Crippen molar-refractivity contribution in [3.05, 3.63) is 53.6 Å². The second kappa shape index (κ2) is 7.25. The Balaban J connectivity index is 2.05. The lowest BCUT2D eigenvalue weighted by Crippen LogP contribution is -1.96. The fraction of sp³-hybridized carbons (Fsp3) is 0.0588. The number of thiazole rings is 1. The van der Waals surface area contributed by atoms with E-state index in [-0.39, 0.29) is 5.75 Å². The number of thioether (sulfide) groups is 1. The summed E-state index contributed by atoms with van der Waals surface area (Å²) in [4.78, 5) is 16.4. The van der Waals surface area contributed by atoms with Gasteiger partial charge in [0.25, 0.3) is 0 Å². The molecule has 0 saturated carbocycles. The summed E-state index contributed by atoms with van der Waals surface area (Å²) in [5.41, 5.74) is 9.20. The molecule has 0 aliphatic rings. The highest BCUT2D eigenvalue weighted by Crippen LogP contribution is 2.40. The van der Waals surface area contributed by atoms with Crippen LogP contribution in [0.2, 0.25) is 5.02 Å². The van der Waals surface area contributed by atoms with Crippen molar-refractivity contribution in [2.24, 2.45) is 0 Å². The van der Waals surface area contributed by atoms with Crippen molar-refractivity contribution < 1.29 is 9.90 Å². The molecule has 1 heterocycles. The van der Waals surface area contributed by atoms with Gasteiger partial charge in [0.2, 0.25) is 0 Å². The summed E-state index contributed by atoms with van der Waals surface area (Å²) in [5, 5.41) is 9.53. The molecule has 3 N–H and O–H groups in total. The third-order valence-corrected chi connectivity index (χ3v) is 5.70. The van der Waals surface area contributed by atoms with Gasteiger partial charge in [0.1, 0.15) is 0 Å². The lowest BCUT2D eigenvalue weighted by molar-refractivity contribution is -0.133. The number of halogens is 1. The molecule has 0 amide bonds. The number of nitrogen functional groups attached to an aromatic ring is 1. The highest BCUT2D eigenvalue weighted by atomic mass is 35.5. The monoisotopic (exact) mass is 376 g/mol. The maximum absolute atomic E-state index is 10.8. The third-order valence-electron chi connectivity index (χ3n) is 3.22. The molecule has 0 radical (unpaired) electrons. The van der Waals surface area contributed by atoms with E-state index in [1.807, 2.05) is 48.5 Å². The smallest absolute Gasteiger partial charge is 0.313 e. The van der Waals surface area contributed by atoms with Gasteiger partial charge in [0.15, 0.2) is 4.34 Å². The second-order valence-corrected chi connectivity index (χ2v) is 7.63. The highest BCUT2D eigenvalue weighted by molar-refractivity contribution is 8.01. The number of hydrogen-bond acceptors (Lipinski definition) is 5. The Morgan fingerprint density at radius 1 is 1.12 bits per heavy atom. The van der Waals surface area contributed by atoms with E-state index in [0.717, 1.165) is 21.7 Å². The van der Waals surface area contributed by atoms with Crippen molar-refractivity contribution in [3.8, 4) is 21.7 Å². The summed E-state index contributed by atoms with van der Waals surface area (Å²) < 4.78 is 0.717. The van der Waals surface area contributed by atoms with Gasteiger partial charge < -0.3 is 10.8 Å². The van der Waals surface area contributed by atoms with Crippen LogP contribution in [0.1, 0.15) is 0 Å². The SMILES string of the molecule is Nc1ccc(-c2sc(SCC(=O)O)nc2-c2ccc(Cl)cc2)cc1. The van der Waals surface area contributed by atoms with Crippen molar-refractivity contribution in [2.45, 2.75) is 4.34 Å². The number of aliphatic carboxylic acids is 1. The van der Waals surface area contributed by atoms with Gasteiger partial charge in [-0.2, -0.15) is 0 Å². The van der Waals surface area contributed by atoms with E-state index in [1.54, 1.807) is 0 Å². The van der Waals surface area contributed by atoms with Crippen LogP contribution >= 0.6 is 34.7 Å². The Hall–Kier alpha value is -2.02. The number of nitrogens with zero attached hydrogens (tertiary/aromatic N) is 1. The lowest BCUT2D eigenvalue weighted by atomic mass is 10.1. The van der Waals surface area contributed by atoms with Gasteiger partial charge in [0, 0.05) is 16.3 Å². The predicted molar refractivity (Wildman–Crippen MR) is 101 cm³/mol. The summed E-state index contributed by atoms with van der Waals surface area (Å²) >= 11 is 8.65. The number of hydrogen-bond donors (Lipinski definition) is 2. The van der Waals surface area contributed by atoms with Crippen molar-refractivity contribution >= 4 is 46.4 Å². The van der Waals surface area contributed by atoms with Crippen LogP contribution in [0.3, 0.4) is 0 Å². The number of carbonyl (C=O) groups is 1. The van der Waals surface area contributed by atoms with Crippen LogP contribution in [-0.2, 0) is 4.79 Å². The minimum atomic E-state index is -0.864. The molecule has 0 bridgehead atoms. The molecule has 3 rings (SSSR count). The average molecular weight is 377 g/mol. The van der Waals surface area contributed by atoms with E-state index in [2.05, 4.69) is 4.98 Å². The minimum absolute atomic E-state index is 0.0191. The minimum Gasteiger partial charge on any atom is -0.481 e. The van der Waals surface area contributed by atoms with Crippen LogP contribution in [0.4, 0.5) is 5.69 Å². The van der Waals surface area contributed by atoms with E-state index in [4.69, 9.17) is 22.4 Å². The lowest BCUT2D eigenvalue weighted by Gasteiger charge is -2.03. The Bertz CT molecular complexity index is 798. The summed E-state index contributed by atoms with van der Waals surface area (Å²) in [6.45, 7) is 0. The number of benzene rings is 2. The molecule has 122 valence electrons. The number of anilines is 1. The van der Waals surface area contributed by atoms with Gasteiger partial charge in [-0.1, -0.05) is 47.6 Å². The predicted octanol–water partition coefficient (Wildman–Crippen LogP) is 4.89. The number of aromatic nitrogens is 1. The zero-order valence-corrected chi connectivity index (χ0v) is 14.8. The maximum atomic E-state index is 10.8. The molecule has 0 fully saturated rings. The number of rotatable bonds is 5. The van der Waals surface area contributed by atoms with Crippen molar-refractivity contribution in [1.82, 2.24) is 4.98 Å². The van der Waals surface area contributed by atoms with E-state index in [0.29, 0.717) is 15.0 Å². The van der Waals surface area contributed by atoms with E-state index >= 15 is 0 Å². The Morgan fingerprint density at radius 2 is 1.75 bits per heavy atom. The first-order valence-electron chi connectivity index (χ1n) is 7.00. The summed E-state index contributed by atoms with van der Waals surface area (Å²) in [6, 6.07) is 15.0. The van der Waals surface area contributed by atoms with Gasteiger partial charge >= 0.3 is 5.97 Å². The van der Waals surface area contributed by atoms with Crippen molar-refractivity contribution in [3.63, 3.8) is 0 Å². The largest absolute Gasteiger partial charge is 0.481 e. The summed E-state index contributed by atoms with van der Waals surface area (Å²) in [6.07, 6.45) is 0. The molecule has 0 spiro atoms. The van der Waals surface area contributed by atoms with Crippen molar-refractivity contribution in [1.29, 1.82) is 0 Å². The Kier molecular flexibility index (Phi) is 5.08. The topological polar surface area (TPSA) is 76.2 Å². The Morgan fingerprint density at radius 3 is 2.38 bits per heavy atom. The second-order valence-electron chi connectivity index (χ2n) is 4.97. The van der Waals surface area contributed by atoms with Gasteiger partial charge in [-0.15, -0.1) is 11.3 Å². The normalized spacial score (nSPS) is 10.7. The highest BCUT2D eigenvalue weighted by Gasteiger charge is 2.16. The summed E-state index contributed by atoms with van der Waals surface area (Å²) in [7, 11) is 0. The summed E-state index contributed by atoms with van der Waals surface area (Å²) in [5.74, 6) is -0.883. The van der Waals surface area contributed by atoms with E-state index < -0.39 is 5.97 Å². The van der Waals surface area contributed by atoms with Crippen LogP contribution < -0.4 is 5.73 Å². The first kappa shape index (κ1) is 16.8. The van der Waals surface area contributed by atoms with Crippen molar-refractivity contribution in [2.75, 3.05) is 11.5 Å². The van der Waals surface area contributed by atoms with Gasteiger partial charge in [-0.3, -0.25) is 4.79 Å². The first-order valence-corrected chi connectivity index (χ1v) is 9.18. The quantitative estimate of drug-likeness (QED) is 0.489. The van der Waals surface area contributed by atoms with Gasteiger partial charge in [-0.05, 0) is 29.8 Å². The van der Waals surface area contributed by atoms with Gasteiger partial charge in [0.05, 0.1) is 16.3 Å². The van der Waals surface area contributed by atoms with Crippen LogP contribution in [-0.4, -0.2) is 21.8 Å². The molecule has 0 aliphatic heterocycles. The molecule has 7 heteroatoms. The van der Waals surface area contributed by atoms with E-state index in [1.165, 1.54) is 23.1 Å². The van der Waals surface area contributed by atoms with Crippen LogP contribution in [0.15, 0.2) is 52.9 Å². The standard InChI is InChI=1S/C17H13ClN2O2S2/c18-12-5-1-10(2-6-12)15-16(11-3-7-13(19)8-4-11)24-17(20-15)23-9-14(21)22/h1-8H,9,19H2,(H,21,22). The molecule has 1 aromatic heterocycles. The molecular weight excluding hydrogens is 364 g/mol. The molecule has 0 atom stereocenters. The molecule has 0 unspecified atom stereocenters. The number of carboxylic acids is 1. The maximum Gasteiger partial charge on any atom is 0.313 e. The fourth-order valence-corrected chi connectivity index (χ4v) is 4.14. The fourth-order valence-electron chi connectivity index (χ4n) is 2.12. The number of carboxylic acid groups (broad SMARTS) is 1. The average Bonchev–Trinajstić information content (AvgIpc) is 2.98. The molecule has 4 nitrogen and oxygen atoms in total. The van der Waals surface area contributed by atoms with Gasteiger partial charge in [-0.25, -0.2) is 4.98 Å². The molecule has 3 aromatic rings. The van der Waals surface area contributed by atoms with Crippen LogP contribution in [0, 0.1) is 0 Å². The molecule has 0 saturated heterocycles. The zero-order valence-electron chi connectivity index (χ0n) is 12.4. The van der Waals surface area contributed by atoms with Crippen LogP contribution in [0.25, 0.3) is 21.7 Å².